The van der Waals surface area contributed by atoms with E-state index >= 15 is 0 Å². The molecule has 0 unspecified atom stereocenters. The van der Waals surface area contributed by atoms with E-state index in [0.717, 1.165) is 25.2 Å². The van der Waals surface area contributed by atoms with Gasteiger partial charge < -0.3 is 10.1 Å². The van der Waals surface area contributed by atoms with E-state index in [1.54, 1.807) is 18.2 Å². The minimum absolute atomic E-state index is 0.0444. The van der Waals surface area contributed by atoms with Gasteiger partial charge in [0.15, 0.2) is 0 Å². The topological polar surface area (TPSA) is 50.4 Å². The molecule has 0 aromatic heterocycles. The molecule has 0 atom stereocenters. The Labute approximate surface area is 127 Å². The fourth-order valence-corrected chi connectivity index (χ4v) is 3.68. The van der Waals surface area contributed by atoms with Crippen molar-refractivity contribution in [3.63, 3.8) is 0 Å². The number of fused-ring (bicyclic) bond motifs is 3. The molecule has 0 aliphatic heterocycles. The molecule has 3 aliphatic carbocycles. The Morgan fingerprint density at radius 2 is 1.90 bits per heavy atom. The molecule has 0 heterocycles. The van der Waals surface area contributed by atoms with Crippen molar-refractivity contribution < 1.29 is 9.55 Å². The average molecular weight is 280 g/mol. The van der Waals surface area contributed by atoms with E-state index in [2.05, 4.69) is 15.6 Å². The smallest absolute Gasteiger partial charge is 0.326 e. The van der Waals surface area contributed by atoms with Crippen LogP contribution in [0.1, 0.15) is 48.9 Å². The van der Waals surface area contributed by atoms with Crippen molar-refractivity contribution in [2.75, 3.05) is 5.48 Å². The molecule has 2 N–H and O–H groups in total. The van der Waals surface area contributed by atoms with Crippen molar-refractivity contribution in [2.45, 2.75) is 44.1 Å². The summed E-state index contributed by atoms with van der Waals surface area (Å²) in [5.74, 6) is 0.737. The zero-order valence-electron chi connectivity index (χ0n) is 12.0. The second-order valence-electron chi connectivity index (χ2n) is 6.21. The molecule has 3 saturated carbocycles. The van der Waals surface area contributed by atoms with Crippen LogP contribution in [0.25, 0.3) is 0 Å². The van der Waals surface area contributed by atoms with Crippen molar-refractivity contribution in [1.29, 1.82) is 0 Å². The molecule has 4 nitrogen and oxygen atoms in total. The van der Waals surface area contributed by atoms with Gasteiger partial charge in [0.25, 0.3) is 5.91 Å². The van der Waals surface area contributed by atoms with Crippen LogP contribution < -0.4 is 16.3 Å². The number of hydrogen-bond donors (Lipinski definition) is 2. The summed E-state index contributed by atoms with van der Waals surface area (Å²) in [6.07, 6.45) is 6.86. The summed E-state index contributed by atoms with van der Waals surface area (Å²) in [7, 11) is 10.9. The number of hydrogen-bond acceptors (Lipinski definition) is 3. The van der Waals surface area contributed by atoms with Gasteiger partial charge in [-0.2, -0.15) is 0 Å². The van der Waals surface area contributed by atoms with Gasteiger partial charge in [-0.3, -0.25) is 10.3 Å². The average Bonchev–Trinajstić information content (AvgIpc) is 2.51. The van der Waals surface area contributed by atoms with E-state index in [4.69, 9.17) is 15.9 Å². The van der Waals surface area contributed by atoms with Gasteiger partial charge in [0.2, 0.25) is 0 Å². The SMILES string of the molecule is [B]ONc1c([B])cccc1C(=O)NC12CCC(CC1)CC2. The van der Waals surface area contributed by atoms with E-state index in [-0.39, 0.29) is 11.4 Å². The Bertz CT molecular complexity index is 529. The number of anilines is 1. The molecule has 3 aliphatic rings. The second kappa shape index (κ2) is 5.76. The Hall–Kier alpha value is -1.42. The van der Waals surface area contributed by atoms with E-state index in [9.17, 15) is 4.79 Å². The standard InChI is InChI=1S/C15H18B2N2O2/c16-12-3-1-2-11(13(12)19-21-17)14(20)18-15-7-4-10(5-8-15)6-9-15/h1-3,10,19H,4-9H2,(H,18,20). The molecule has 1 amide bonds. The Morgan fingerprint density at radius 1 is 1.24 bits per heavy atom. The fraction of sp³-hybridized carbons (Fsp3) is 0.533. The Balaban J connectivity index is 1.81. The molecule has 3 fully saturated rings. The highest BCUT2D eigenvalue weighted by molar-refractivity contribution is 6.37. The normalized spacial score (nSPS) is 27.3. The first-order valence-electron chi connectivity index (χ1n) is 7.46. The predicted molar refractivity (Wildman–Crippen MR) is 83.7 cm³/mol. The molecule has 106 valence electrons. The molecule has 6 heteroatoms. The number of carbonyl (C=O) groups is 1. The molecule has 2 bridgehead atoms. The van der Waals surface area contributed by atoms with Crippen molar-refractivity contribution in [2.24, 2.45) is 5.92 Å². The number of nitrogens with one attached hydrogen (secondary N) is 2. The third-order valence-corrected chi connectivity index (χ3v) is 4.97. The third kappa shape index (κ3) is 2.82. The van der Waals surface area contributed by atoms with E-state index in [0.29, 0.717) is 16.7 Å². The molecular formula is C15H18B2N2O2. The van der Waals surface area contributed by atoms with Crippen LogP contribution in [0.15, 0.2) is 18.2 Å². The maximum Gasteiger partial charge on any atom is 0.326 e. The summed E-state index contributed by atoms with van der Waals surface area (Å²) in [5, 5.41) is 3.23. The van der Waals surface area contributed by atoms with Gasteiger partial charge in [0.1, 0.15) is 7.85 Å². The highest BCUT2D eigenvalue weighted by Gasteiger charge is 2.41. The summed E-state index contributed by atoms with van der Waals surface area (Å²) < 4.78 is 4.44. The molecule has 4 radical (unpaired) electrons. The number of para-hydroxylation sites is 1. The summed E-state index contributed by atoms with van der Waals surface area (Å²) in [5.41, 5.74) is 3.76. The zero-order valence-corrected chi connectivity index (χ0v) is 12.0. The molecule has 1 aromatic carbocycles. The summed E-state index contributed by atoms with van der Waals surface area (Å²) >= 11 is 0. The Kier molecular flexibility index (Phi) is 3.98. The first-order chi connectivity index (χ1) is 10.1. The van der Waals surface area contributed by atoms with Crippen LogP contribution in [-0.2, 0) is 4.76 Å². The molecule has 4 rings (SSSR count). The van der Waals surface area contributed by atoms with Crippen molar-refractivity contribution in [1.82, 2.24) is 5.32 Å². The predicted octanol–water partition coefficient (Wildman–Crippen LogP) is 1.36. The van der Waals surface area contributed by atoms with Gasteiger partial charge in [-0.1, -0.05) is 17.6 Å². The van der Waals surface area contributed by atoms with E-state index in [1.165, 1.54) is 19.3 Å². The van der Waals surface area contributed by atoms with Gasteiger partial charge >= 0.3 is 8.05 Å². The van der Waals surface area contributed by atoms with Crippen LogP contribution in [0.2, 0.25) is 0 Å². The van der Waals surface area contributed by atoms with Gasteiger partial charge in [0.05, 0.1) is 11.3 Å². The number of carbonyl (C=O) groups excluding carboxylic acids is 1. The van der Waals surface area contributed by atoms with Gasteiger partial charge in [-0.25, -0.2) is 0 Å². The summed E-state index contributed by atoms with van der Waals surface area (Å²) in [6.45, 7) is 0. The summed E-state index contributed by atoms with van der Waals surface area (Å²) in [4.78, 5) is 12.6. The van der Waals surface area contributed by atoms with Crippen LogP contribution >= 0.6 is 0 Å². The van der Waals surface area contributed by atoms with Crippen molar-refractivity contribution >= 4 is 33.0 Å². The molecule has 0 spiro atoms. The number of amides is 1. The first-order valence-corrected chi connectivity index (χ1v) is 7.46. The minimum Gasteiger partial charge on any atom is -0.353 e. The van der Waals surface area contributed by atoms with Crippen LogP contribution in [0.3, 0.4) is 0 Å². The lowest BCUT2D eigenvalue weighted by molar-refractivity contribution is 0.0714. The Morgan fingerprint density at radius 3 is 2.52 bits per heavy atom. The van der Waals surface area contributed by atoms with Crippen LogP contribution in [0.4, 0.5) is 5.69 Å². The zero-order chi connectivity index (χ0) is 14.9. The lowest BCUT2D eigenvalue weighted by atomic mass is 9.66. The second-order valence-corrected chi connectivity index (χ2v) is 6.21. The van der Waals surface area contributed by atoms with Gasteiger partial charge in [-0.15, -0.1) is 0 Å². The van der Waals surface area contributed by atoms with Crippen LogP contribution in [-0.4, -0.2) is 27.3 Å². The molecule has 0 saturated heterocycles. The quantitative estimate of drug-likeness (QED) is 0.646. The highest BCUT2D eigenvalue weighted by Crippen LogP contribution is 2.44. The maximum absolute atomic E-state index is 12.6. The third-order valence-electron chi connectivity index (χ3n) is 4.97. The van der Waals surface area contributed by atoms with Gasteiger partial charge in [-0.05, 0) is 50.5 Å². The van der Waals surface area contributed by atoms with Crippen molar-refractivity contribution in [3.8, 4) is 0 Å². The lowest BCUT2D eigenvalue weighted by Gasteiger charge is -2.47. The summed E-state index contributed by atoms with van der Waals surface area (Å²) in [6, 6.07) is 5.17. The lowest BCUT2D eigenvalue weighted by Crippen LogP contribution is -2.53. The number of benzene rings is 1. The number of rotatable bonds is 4. The van der Waals surface area contributed by atoms with E-state index < -0.39 is 0 Å². The van der Waals surface area contributed by atoms with Crippen LogP contribution in [0, 0.1) is 5.92 Å². The fourth-order valence-electron chi connectivity index (χ4n) is 3.68. The maximum atomic E-state index is 12.6. The van der Waals surface area contributed by atoms with Crippen molar-refractivity contribution in [3.05, 3.63) is 23.8 Å². The van der Waals surface area contributed by atoms with Crippen LogP contribution in [0.5, 0.6) is 0 Å². The monoisotopic (exact) mass is 280 g/mol. The van der Waals surface area contributed by atoms with E-state index in [1.807, 2.05) is 0 Å². The highest BCUT2D eigenvalue weighted by atomic mass is 16.6. The van der Waals surface area contributed by atoms with Gasteiger partial charge in [0, 0.05) is 5.54 Å². The largest absolute Gasteiger partial charge is 0.353 e. The first kappa shape index (κ1) is 14.5. The molecule has 21 heavy (non-hydrogen) atoms. The molecular weight excluding hydrogens is 262 g/mol. The minimum atomic E-state index is -0.123. The molecule has 1 aromatic rings.